The molecule has 2 aromatic carbocycles. The summed E-state index contributed by atoms with van der Waals surface area (Å²) < 4.78 is 0. The third-order valence-corrected chi connectivity index (χ3v) is 3.66. The molecule has 0 heterocycles. The van der Waals surface area contributed by atoms with Gasteiger partial charge in [-0.3, -0.25) is 0 Å². The highest BCUT2D eigenvalue weighted by Crippen LogP contribution is 2.22. The fraction of sp³-hybridized carbons (Fsp3) is 0.143. The minimum Gasteiger partial charge on any atom is -0.143 e. The molecule has 0 atom stereocenters. The Bertz CT molecular complexity index is 460. The zero-order valence-corrected chi connectivity index (χ0v) is 10.9. The van der Waals surface area contributed by atoms with Gasteiger partial charge in [0, 0.05) is 9.79 Å². The topological polar surface area (TPSA) is 0 Å². The first-order valence-corrected chi connectivity index (χ1v) is 6.86. The van der Waals surface area contributed by atoms with Gasteiger partial charge < -0.3 is 0 Å². The number of hydrogen-bond acceptors (Lipinski definition) is 2. The molecule has 2 rings (SSSR count). The molecule has 0 unspecified atom stereocenters. The molecule has 0 bridgehead atoms. The monoisotopic (exact) mass is 246 g/mol. The lowest BCUT2D eigenvalue weighted by Crippen LogP contribution is -1.90. The molecule has 2 aromatic rings. The van der Waals surface area contributed by atoms with E-state index in [1.54, 1.807) is 11.8 Å². The SMILES string of the molecule is CSc1ccccc1Cc1ccc(S)cc1. The molecule has 0 aliphatic heterocycles. The second-order valence-corrected chi connectivity index (χ2v) is 5.02. The van der Waals surface area contributed by atoms with E-state index in [2.05, 4.69) is 55.3 Å². The van der Waals surface area contributed by atoms with Crippen LogP contribution in [0.25, 0.3) is 0 Å². The van der Waals surface area contributed by atoms with Crippen LogP contribution in [0.5, 0.6) is 0 Å². The largest absolute Gasteiger partial charge is 0.143 e. The molecular weight excluding hydrogens is 232 g/mol. The van der Waals surface area contributed by atoms with Gasteiger partial charge in [0.15, 0.2) is 0 Å². The van der Waals surface area contributed by atoms with Crippen molar-refractivity contribution in [2.45, 2.75) is 16.2 Å². The Balaban J connectivity index is 2.23. The van der Waals surface area contributed by atoms with Crippen LogP contribution in [0.1, 0.15) is 11.1 Å². The van der Waals surface area contributed by atoms with Crippen LogP contribution >= 0.6 is 24.4 Å². The van der Waals surface area contributed by atoms with Gasteiger partial charge in [-0.05, 0) is 42.0 Å². The van der Waals surface area contributed by atoms with Crippen molar-refractivity contribution in [1.82, 2.24) is 0 Å². The second kappa shape index (κ2) is 5.46. The number of thiol groups is 1. The van der Waals surface area contributed by atoms with Crippen molar-refractivity contribution in [2.75, 3.05) is 6.26 Å². The van der Waals surface area contributed by atoms with Gasteiger partial charge in [-0.15, -0.1) is 24.4 Å². The first-order valence-electron chi connectivity index (χ1n) is 5.19. The normalized spacial score (nSPS) is 10.4. The smallest absolute Gasteiger partial charge is 0.0105 e. The molecule has 0 aliphatic carbocycles. The number of hydrogen-bond donors (Lipinski definition) is 1. The Morgan fingerprint density at radius 1 is 1.00 bits per heavy atom. The van der Waals surface area contributed by atoms with E-state index in [1.807, 2.05) is 12.1 Å². The van der Waals surface area contributed by atoms with Crippen LogP contribution in [-0.2, 0) is 6.42 Å². The maximum absolute atomic E-state index is 4.29. The average molecular weight is 246 g/mol. The van der Waals surface area contributed by atoms with Gasteiger partial charge in [0.05, 0.1) is 0 Å². The maximum atomic E-state index is 4.29. The lowest BCUT2D eigenvalue weighted by molar-refractivity contribution is 1.12. The van der Waals surface area contributed by atoms with Crippen LogP contribution in [0.15, 0.2) is 58.3 Å². The molecule has 0 N–H and O–H groups in total. The first kappa shape index (κ1) is 11.6. The summed E-state index contributed by atoms with van der Waals surface area (Å²) in [5.41, 5.74) is 2.72. The van der Waals surface area contributed by atoms with Gasteiger partial charge in [0.1, 0.15) is 0 Å². The summed E-state index contributed by atoms with van der Waals surface area (Å²) in [7, 11) is 0. The van der Waals surface area contributed by atoms with E-state index in [0.29, 0.717) is 0 Å². The summed E-state index contributed by atoms with van der Waals surface area (Å²) in [4.78, 5) is 2.37. The van der Waals surface area contributed by atoms with Crippen molar-refractivity contribution >= 4 is 24.4 Å². The molecule has 0 aliphatic rings. The van der Waals surface area contributed by atoms with Crippen LogP contribution in [0, 0.1) is 0 Å². The first-order chi connectivity index (χ1) is 7.79. The van der Waals surface area contributed by atoms with E-state index in [1.165, 1.54) is 16.0 Å². The van der Waals surface area contributed by atoms with E-state index < -0.39 is 0 Å². The zero-order valence-electron chi connectivity index (χ0n) is 9.18. The summed E-state index contributed by atoms with van der Waals surface area (Å²) in [6, 6.07) is 16.9. The number of thioether (sulfide) groups is 1. The third-order valence-electron chi connectivity index (χ3n) is 2.52. The van der Waals surface area contributed by atoms with Gasteiger partial charge in [0.25, 0.3) is 0 Å². The standard InChI is InChI=1S/C14H14S2/c1-16-14-5-3-2-4-12(14)10-11-6-8-13(15)9-7-11/h2-9,15H,10H2,1H3. The molecule has 0 saturated heterocycles. The molecule has 0 spiro atoms. The van der Waals surface area contributed by atoms with E-state index in [-0.39, 0.29) is 0 Å². The molecule has 2 heteroatoms. The molecule has 16 heavy (non-hydrogen) atoms. The Labute approximate surface area is 106 Å². The molecule has 82 valence electrons. The Morgan fingerprint density at radius 2 is 1.69 bits per heavy atom. The van der Waals surface area contributed by atoms with Crippen LogP contribution < -0.4 is 0 Å². The van der Waals surface area contributed by atoms with Gasteiger partial charge in [0.2, 0.25) is 0 Å². The zero-order chi connectivity index (χ0) is 11.4. The molecular formula is C14H14S2. The summed E-state index contributed by atoms with van der Waals surface area (Å²) in [5.74, 6) is 0. The lowest BCUT2D eigenvalue weighted by atomic mass is 10.1. The fourth-order valence-electron chi connectivity index (χ4n) is 1.68. The molecule has 0 aromatic heterocycles. The van der Waals surface area contributed by atoms with Crippen LogP contribution in [0.2, 0.25) is 0 Å². The molecule has 0 fully saturated rings. The average Bonchev–Trinajstić information content (AvgIpc) is 2.33. The maximum Gasteiger partial charge on any atom is 0.0105 e. The highest BCUT2D eigenvalue weighted by molar-refractivity contribution is 7.98. The highest BCUT2D eigenvalue weighted by atomic mass is 32.2. The van der Waals surface area contributed by atoms with E-state index >= 15 is 0 Å². The van der Waals surface area contributed by atoms with Crippen LogP contribution in [0.4, 0.5) is 0 Å². The molecule has 0 nitrogen and oxygen atoms in total. The highest BCUT2D eigenvalue weighted by Gasteiger charge is 2.01. The molecule has 0 saturated carbocycles. The molecule has 0 radical (unpaired) electrons. The van der Waals surface area contributed by atoms with Crippen LogP contribution in [-0.4, -0.2) is 6.26 Å². The van der Waals surface area contributed by atoms with Crippen LogP contribution in [0.3, 0.4) is 0 Å². The van der Waals surface area contributed by atoms with Crippen molar-refractivity contribution < 1.29 is 0 Å². The lowest BCUT2D eigenvalue weighted by Gasteiger charge is -2.07. The van der Waals surface area contributed by atoms with Crippen molar-refractivity contribution in [3.8, 4) is 0 Å². The summed E-state index contributed by atoms with van der Waals surface area (Å²) >= 11 is 6.10. The predicted octanol–water partition coefficient (Wildman–Crippen LogP) is 4.29. The van der Waals surface area contributed by atoms with Crippen molar-refractivity contribution in [3.05, 3.63) is 59.7 Å². The summed E-state index contributed by atoms with van der Waals surface area (Å²) in [5, 5.41) is 0. The number of rotatable bonds is 3. The van der Waals surface area contributed by atoms with Crippen molar-refractivity contribution in [3.63, 3.8) is 0 Å². The third kappa shape index (κ3) is 2.83. The van der Waals surface area contributed by atoms with Crippen molar-refractivity contribution in [2.24, 2.45) is 0 Å². The Morgan fingerprint density at radius 3 is 2.38 bits per heavy atom. The minimum atomic E-state index is 0.991. The fourth-order valence-corrected chi connectivity index (χ4v) is 2.45. The summed E-state index contributed by atoms with van der Waals surface area (Å²) in [6.07, 6.45) is 3.11. The molecule has 0 amide bonds. The van der Waals surface area contributed by atoms with Gasteiger partial charge in [-0.25, -0.2) is 0 Å². The van der Waals surface area contributed by atoms with E-state index in [4.69, 9.17) is 0 Å². The van der Waals surface area contributed by atoms with E-state index in [0.717, 1.165) is 11.3 Å². The predicted molar refractivity (Wildman–Crippen MR) is 74.7 cm³/mol. The number of benzene rings is 2. The van der Waals surface area contributed by atoms with E-state index in [9.17, 15) is 0 Å². The van der Waals surface area contributed by atoms with Gasteiger partial charge >= 0.3 is 0 Å². The quantitative estimate of drug-likeness (QED) is 0.623. The summed E-state index contributed by atoms with van der Waals surface area (Å²) in [6.45, 7) is 0. The Kier molecular flexibility index (Phi) is 3.97. The van der Waals surface area contributed by atoms with Crippen molar-refractivity contribution in [1.29, 1.82) is 0 Å². The second-order valence-electron chi connectivity index (χ2n) is 3.66. The van der Waals surface area contributed by atoms with Gasteiger partial charge in [-0.1, -0.05) is 30.3 Å². The minimum absolute atomic E-state index is 0.991. The Hall–Kier alpha value is -0.860. The van der Waals surface area contributed by atoms with Gasteiger partial charge in [-0.2, -0.15) is 0 Å².